The molecule has 202 valence electrons. The van der Waals surface area contributed by atoms with Crippen LogP contribution >= 0.6 is 23.4 Å². The Kier molecular flexibility index (Phi) is 9.35. The van der Waals surface area contributed by atoms with Gasteiger partial charge in [0.2, 0.25) is 5.89 Å². The smallest absolute Gasteiger partial charge is 0.342 e. The number of carboxylic acids is 1. The molecule has 3 aromatic carbocycles. The van der Waals surface area contributed by atoms with E-state index in [-0.39, 0.29) is 16.0 Å². The van der Waals surface area contributed by atoms with Crippen LogP contribution in [0.25, 0.3) is 17.5 Å². The fourth-order valence-corrected chi connectivity index (χ4v) is 4.22. The standard InChI is InChI=1S/C28H25ClN2O7S/c1-4-36-24-11-18(7-10-23(24)37-16-17-5-8-20(29)9-6-17)12-25(27(32)33)39-28-31-30-26(38-28)19-13-21(34-2)15-22(14-19)35-3/h5-15H,4,16H2,1-3H3,(H,32,33)/b25-12-. The summed E-state index contributed by atoms with van der Waals surface area (Å²) >= 11 is 6.78. The van der Waals surface area contributed by atoms with Gasteiger partial charge in [-0.2, -0.15) is 0 Å². The summed E-state index contributed by atoms with van der Waals surface area (Å²) in [5, 5.41) is 18.6. The molecule has 0 aliphatic heterocycles. The molecule has 4 aromatic rings. The van der Waals surface area contributed by atoms with Crippen LogP contribution in [0.5, 0.6) is 23.0 Å². The first kappa shape index (κ1) is 27.9. The number of hydrogen-bond acceptors (Lipinski definition) is 9. The van der Waals surface area contributed by atoms with E-state index >= 15 is 0 Å². The zero-order valence-corrected chi connectivity index (χ0v) is 22.9. The van der Waals surface area contributed by atoms with Crippen molar-refractivity contribution in [2.24, 2.45) is 0 Å². The van der Waals surface area contributed by atoms with E-state index in [1.807, 2.05) is 19.1 Å². The Hall–Kier alpha value is -4.15. The highest BCUT2D eigenvalue weighted by atomic mass is 35.5. The zero-order chi connectivity index (χ0) is 27.8. The van der Waals surface area contributed by atoms with Crippen LogP contribution in [0.3, 0.4) is 0 Å². The van der Waals surface area contributed by atoms with Gasteiger partial charge < -0.3 is 28.5 Å². The van der Waals surface area contributed by atoms with E-state index in [9.17, 15) is 9.90 Å². The fourth-order valence-electron chi connectivity index (χ4n) is 3.42. The lowest BCUT2D eigenvalue weighted by Gasteiger charge is -2.13. The van der Waals surface area contributed by atoms with Crippen LogP contribution in [0.15, 0.2) is 75.2 Å². The van der Waals surface area contributed by atoms with E-state index in [0.717, 1.165) is 17.3 Å². The molecule has 39 heavy (non-hydrogen) atoms. The van der Waals surface area contributed by atoms with Crippen molar-refractivity contribution in [1.82, 2.24) is 10.2 Å². The number of rotatable bonds is 12. The van der Waals surface area contributed by atoms with Crippen LogP contribution in [0.2, 0.25) is 5.02 Å². The predicted octanol–water partition coefficient (Wildman–Crippen LogP) is 6.60. The van der Waals surface area contributed by atoms with Crippen LogP contribution in [0.4, 0.5) is 0 Å². The minimum Gasteiger partial charge on any atom is -0.497 e. The number of aromatic nitrogens is 2. The Morgan fingerprint density at radius 1 is 0.974 bits per heavy atom. The first-order chi connectivity index (χ1) is 18.9. The highest BCUT2D eigenvalue weighted by molar-refractivity contribution is 8.03. The number of nitrogens with zero attached hydrogens (tertiary/aromatic N) is 2. The second-order valence-electron chi connectivity index (χ2n) is 7.94. The van der Waals surface area contributed by atoms with E-state index in [2.05, 4.69) is 10.2 Å². The zero-order valence-electron chi connectivity index (χ0n) is 21.3. The number of thioether (sulfide) groups is 1. The molecule has 0 bridgehead atoms. The first-order valence-electron chi connectivity index (χ1n) is 11.7. The molecule has 0 saturated carbocycles. The van der Waals surface area contributed by atoms with Gasteiger partial charge in [-0.05, 0) is 72.3 Å². The topological polar surface area (TPSA) is 113 Å². The normalized spacial score (nSPS) is 11.2. The molecule has 0 saturated heterocycles. The second-order valence-corrected chi connectivity index (χ2v) is 9.37. The van der Waals surface area contributed by atoms with E-state index in [1.165, 1.54) is 20.3 Å². The van der Waals surface area contributed by atoms with Crippen LogP contribution in [0, 0.1) is 0 Å². The highest BCUT2D eigenvalue weighted by Crippen LogP contribution is 2.35. The first-order valence-corrected chi connectivity index (χ1v) is 12.9. The lowest BCUT2D eigenvalue weighted by atomic mass is 10.2. The summed E-state index contributed by atoms with van der Waals surface area (Å²) in [4.78, 5) is 12.0. The number of aliphatic carboxylic acids is 1. The van der Waals surface area contributed by atoms with Crippen LogP contribution in [0.1, 0.15) is 18.1 Å². The average molecular weight is 569 g/mol. The molecule has 0 radical (unpaired) electrons. The van der Waals surface area contributed by atoms with Crippen molar-refractivity contribution in [2.45, 2.75) is 18.8 Å². The van der Waals surface area contributed by atoms with Crippen molar-refractivity contribution in [3.63, 3.8) is 0 Å². The molecule has 1 aromatic heterocycles. The summed E-state index contributed by atoms with van der Waals surface area (Å²) in [5.74, 6) is 1.16. The van der Waals surface area contributed by atoms with Gasteiger partial charge >= 0.3 is 5.97 Å². The summed E-state index contributed by atoms with van der Waals surface area (Å²) in [5.41, 5.74) is 2.11. The third-order valence-corrected chi connectivity index (χ3v) is 6.39. The van der Waals surface area contributed by atoms with Gasteiger partial charge in [0.15, 0.2) is 11.5 Å². The van der Waals surface area contributed by atoms with Crippen molar-refractivity contribution >= 4 is 35.4 Å². The van der Waals surface area contributed by atoms with Gasteiger partial charge in [0.25, 0.3) is 5.22 Å². The Morgan fingerprint density at radius 3 is 2.33 bits per heavy atom. The van der Waals surface area contributed by atoms with Gasteiger partial charge in [-0.25, -0.2) is 4.79 Å². The number of hydrogen-bond donors (Lipinski definition) is 1. The van der Waals surface area contributed by atoms with E-state index in [0.29, 0.717) is 52.4 Å². The molecule has 9 nitrogen and oxygen atoms in total. The quantitative estimate of drug-likeness (QED) is 0.148. The number of methoxy groups -OCH3 is 2. The van der Waals surface area contributed by atoms with Crippen LogP contribution < -0.4 is 18.9 Å². The van der Waals surface area contributed by atoms with Gasteiger partial charge in [0.1, 0.15) is 23.0 Å². The number of benzene rings is 3. The molecular weight excluding hydrogens is 544 g/mol. The lowest BCUT2D eigenvalue weighted by Crippen LogP contribution is -2.00. The van der Waals surface area contributed by atoms with Crippen molar-refractivity contribution in [2.75, 3.05) is 20.8 Å². The maximum Gasteiger partial charge on any atom is 0.342 e. The van der Waals surface area contributed by atoms with E-state index in [4.69, 9.17) is 35.0 Å². The third-order valence-electron chi connectivity index (χ3n) is 5.29. The largest absolute Gasteiger partial charge is 0.497 e. The van der Waals surface area contributed by atoms with Crippen molar-refractivity contribution in [3.8, 4) is 34.5 Å². The van der Waals surface area contributed by atoms with Crippen LogP contribution in [-0.2, 0) is 11.4 Å². The number of halogens is 1. The Bertz CT molecular complexity index is 1450. The maximum absolute atomic E-state index is 12.0. The Morgan fingerprint density at radius 2 is 1.69 bits per heavy atom. The predicted molar refractivity (Wildman–Crippen MR) is 148 cm³/mol. The number of carboxylic acid groups (broad SMARTS) is 1. The molecule has 1 heterocycles. The average Bonchev–Trinajstić information content (AvgIpc) is 3.41. The molecule has 0 atom stereocenters. The molecule has 0 spiro atoms. The molecule has 0 unspecified atom stereocenters. The van der Waals surface area contributed by atoms with Gasteiger partial charge in [-0.15, -0.1) is 10.2 Å². The minimum absolute atomic E-state index is 0.0225. The summed E-state index contributed by atoms with van der Waals surface area (Å²) in [6.45, 7) is 2.58. The van der Waals surface area contributed by atoms with Gasteiger partial charge in [-0.3, -0.25) is 0 Å². The number of carbonyl (C=O) groups is 1. The van der Waals surface area contributed by atoms with Crippen molar-refractivity contribution in [1.29, 1.82) is 0 Å². The summed E-state index contributed by atoms with van der Waals surface area (Å²) < 4.78 is 28.0. The molecule has 1 N–H and O–H groups in total. The van der Waals surface area contributed by atoms with Gasteiger partial charge in [0.05, 0.1) is 20.8 Å². The van der Waals surface area contributed by atoms with E-state index < -0.39 is 5.97 Å². The molecule has 0 aliphatic rings. The highest BCUT2D eigenvalue weighted by Gasteiger charge is 2.18. The minimum atomic E-state index is -1.15. The van der Waals surface area contributed by atoms with Crippen LogP contribution in [-0.4, -0.2) is 42.1 Å². The molecule has 0 amide bonds. The maximum atomic E-state index is 12.0. The monoisotopic (exact) mass is 568 g/mol. The van der Waals surface area contributed by atoms with Gasteiger partial charge in [0, 0.05) is 16.7 Å². The lowest BCUT2D eigenvalue weighted by molar-refractivity contribution is -0.131. The summed E-state index contributed by atoms with van der Waals surface area (Å²) in [6, 6.07) is 17.7. The third kappa shape index (κ3) is 7.46. The molecular formula is C28H25ClN2O7S. The molecule has 4 rings (SSSR count). The number of ether oxygens (including phenoxy) is 4. The van der Waals surface area contributed by atoms with Crippen molar-refractivity contribution < 1.29 is 33.3 Å². The second kappa shape index (κ2) is 13.1. The van der Waals surface area contributed by atoms with E-state index in [1.54, 1.807) is 48.5 Å². The molecule has 0 fully saturated rings. The SMILES string of the molecule is CCOc1cc(/C=C(\Sc2nnc(-c3cc(OC)cc(OC)c3)o2)C(=O)O)ccc1OCc1ccc(Cl)cc1. The summed E-state index contributed by atoms with van der Waals surface area (Å²) in [7, 11) is 3.07. The fraction of sp³-hybridized carbons (Fsp3) is 0.179. The summed E-state index contributed by atoms with van der Waals surface area (Å²) in [6.07, 6.45) is 1.50. The Balaban J connectivity index is 1.54. The van der Waals surface area contributed by atoms with Gasteiger partial charge in [-0.1, -0.05) is 29.8 Å². The Labute approximate surface area is 234 Å². The molecule has 0 aliphatic carbocycles. The van der Waals surface area contributed by atoms with Crippen molar-refractivity contribution in [3.05, 3.63) is 81.7 Å². The molecule has 11 heteroatoms.